The Kier molecular flexibility index (Phi) is 5.01. The summed E-state index contributed by atoms with van der Waals surface area (Å²) in [5.74, 6) is 0.910. The van der Waals surface area contributed by atoms with E-state index in [-0.39, 0.29) is 5.75 Å². The number of furan rings is 1. The smallest absolute Gasteiger partial charge is 0.335 e. The summed E-state index contributed by atoms with van der Waals surface area (Å²) >= 11 is 6.94. The van der Waals surface area contributed by atoms with Gasteiger partial charge in [-0.3, -0.25) is 0 Å². The van der Waals surface area contributed by atoms with Crippen LogP contribution < -0.4 is 0 Å². The molecule has 1 atom stereocenters. The first kappa shape index (κ1) is 12.4. The van der Waals surface area contributed by atoms with E-state index < -0.39 is 12.1 Å². The van der Waals surface area contributed by atoms with Crippen LogP contribution in [0.2, 0.25) is 5.22 Å². The number of carbonyl (C=O) groups excluding carboxylic acids is 1. The van der Waals surface area contributed by atoms with Gasteiger partial charge in [-0.15, -0.1) is 0 Å². The second-order valence-corrected chi connectivity index (χ2v) is 4.16. The highest BCUT2D eigenvalue weighted by atomic mass is 35.5. The van der Waals surface area contributed by atoms with Gasteiger partial charge in [0.05, 0.1) is 12.9 Å². The third kappa shape index (κ3) is 4.15. The lowest BCUT2D eigenvalue weighted by molar-refractivity contribution is -0.149. The predicted molar refractivity (Wildman–Crippen MR) is 57.9 cm³/mol. The lowest BCUT2D eigenvalue weighted by atomic mass is 10.4. The molecule has 0 bridgehead atoms. The largest absolute Gasteiger partial charge is 0.467 e. The number of carbonyl (C=O) groups is 1. The van der Waals surface area contributed by atoms with Crippen molar-refractivity contribution in [1.29, 1.82) is 0 Å². The molecule has 0 amide bonds. The minimum Gasteiger partial charge on any atom is -0.467 e. The number of aliphatic hydroxyl groups is 1. The molecular formula is C9H11ClO4S. The molecule has 15 heavy (non-hydrogen) atoms. The highest BCUT2D eigenvalue weighted by Crippen LogP contribution is 2.19. The van der Waals surface area contributed by atoms with E-state index in [2.05, 4.69) is 4.74 Å². The number of ether oxygens (including phenoxy) is 1. The molecule has 1 aromatic heterocycles. The lowest BCUT2D eigenvalue weighted by Gasteiger charge is -2.06. The van der Waals surface area contributed by atoms with Crippen LogP contribution in [-0.4, -0.2) is 30.0 Å². The van der Waals surface area contributed by atoms with Crippen LogP contribution in [0, 0.1) is 0 Å². The number of esters is 1. The minimum atomic E-state index is -1.09. The van der Waals surface area contributed by atoms with Crippen LogP contribution in [0.15, 0.2) is 16.5 Å². The van der Waals surface area contributed by atoms with Crippen LogP contribution in [0.4, 0.5) is 0 Å². The van der Waals surface area contributed by atoms with Gasteiger partial charge in [0.15, 0.2) is 11.3 Å². The van der Waals surface area contributed by atoms with Gasteiger partial charge < -0.3 is 14.3 Å². The summed E-state index contributed by atoms with van der Waals surface area (Å²) in [6.07, 6.45) is -1.09. The molecule has 0 aromatic carbocycles. The van der Waals surface area contributed by atoms with Gasteiger partial charge in [0.1, 0.15) is 5.76 Å². The Bertz CT molecular complexity index is 326. The molecular weight excluding hydrogens is 240 g/mol. The van der Waals surface area contributed by atoms with Gasteiger partial charge in [-0.05, 0) is 23.7 Å². The Balaban J connectivity index is 2.24. The summed E-state index contributed by atoms with van der Waals surface area (Å²) in [4.78, 5) is 10.8. The summed E-state index contributed by atoms with van der Waals surface area (Å²) < 4.78 is 9.47. The van der Waals surface area contributed by atoms with Crippen LogP contribution in [0.1, 0.15) is 5.76 Å². The summed E-state index contributed by atoms with van der Waals surface area (Å²) in [5, 5.41) is 9.58. The zero-order valence-corrected chi connectivity index (χ0v) is 9.68. The number of halogens is 1. The third-order valence-corrected chi connectivity index (χ3v) is 2.87. The molecule has 0 saturated carbocycles. The predicted octanol–water partition coefficient (Wildman–Crippen LogP) is 1.70. The first-order valence-electron chi connectivity index (χ1n) is 4.21. The van der Waals surface area contributed by atoms with Crippen LogP contribution >= 0.6 is 23.4 Å². The molecule has 0 aliphatic heterocycles. The van der Waals surface area contributed by atoms with Gasteiger partial charge in [0, 0.05) is 5.75 Å². The van der Waals surface area contributed by atoms with Crippen molar-refractivity contribution in [1.82, 2.24) is 0 Å². The molecule has 1 heterocycles. The molecule has 1 aromatic rings. The Hall–Kier alpha value is -0.650. The second-order valence-electron chi connectivity index (χ2n) is 2.76. The number of hydrogen-bond donors (Lipinski definition) is 1. The molecule has 0 saturated heterocycles. The van der Waals surface area contributed by atoms with Gasteiger partial charge in [-0.2, -0.15) is 11.8 Å². The number of aliphatic hydroxyl groups excluding tert-OH is 1. The van der Waals surface area contributed by atoms with Crippen LogP contribution in [0.3, 0.4) is 0 Å². The van der Waals surface area contributed by atoms with E-state index in [1.54, 1.807) is 12.1 Å². The molecule has 0 aliphatic carbocycles. The van der Waals surface area contributed by atoms with Crippen LogP contribution in [-0.2, 0) is 15.3 Å². The number of hydrogen-bond acceptors (Lipinski definition) is 5. The van der Waals surface area contributed by atoms with Crippen molar-refractivity contribution >= 4 is 29.3 Å². The molecule has 4 nitrogen and oxygen atoms in total. The fourth-order valence-electron chi connectivity index (χ4n) is 0.905. The minimum absolute atomic E-state index is 0.269. The summed E-state index contributed by atoms with van der Waals surface area (Å²) in [5.41, 5.74) is 0. The Morgan fingerprint density at radius 2 is 2.47 bits per heavy atom. The molecule has 1 N–H and O–H groups in total. The van der Waals surface area contributed by atoms with Crippen molar-refractivity contribution < 1.29 is 19.1 Å². The van der Waals surface area contributed by atoms with Crippen molar-refractivity contribution in [2.75, 3.05) is 12.9 Å². The molecule has 0 radical (unpaired) electrons. The number of rotatable bonds is 5. The van der Waals surface area contributed by atoms with Crippen molar-refractivity contribution in [3.63, 3.8) is 0 Å². The zero-order chi connectivity index (χ0) is 11.3. The van der Waals surface area contributed by atoms with E-state index in [1.807, 2.05) is 0 Å². The van der Waals surface area contributed by atoms with E-state index >= 15 is 0 Å². The lowest BCUT2D eigenvalue weighted by Crippen LogP contribution is -2.24. The quantitative estimate of drug-likeness (QED) is 0.806. The van der Waals surface area contributed by atoms with E-state index in [4.69, 9.17) is 16.0 Å². The first-order valence-corrected chi connectivity index (χ1v) is 5.74. The van der Waals surface area contributed by atoms with E-state index in [0.29, 0.717) is 16.7 Å². The second kappa shape index (κ2) is 6.05. The van der Waals surface area contributed by atoms with Gasteiger partial charge in [-0.25, -0.2) is 4.79 Å². The fraction of sp³-hybridized carbons (Fsp3) is 0.444. The molecule has 1 unspecified atom stereocenters. The molecule has 0 aliphatic rings. The average Bonchev–Trinajstić information content (AvgIpc) is 2.63. The Labute approximate surface area is 96.5 Å². The van der Waals surface area contributed by atoms with Gasteiger partial charge in [0.2, 0.25) is 0 Å². The van der Waals surface area contributed by atoms with Crippen molar-refractivity contribution in [3.05, 3.63) is 23.1 Å². The van der Waals surface area contributed by atoms with Crippen molar-refractivity contribution in [3.8, 4) is 0 Å². The van der Waals surface area contributed by atoms with E-state index in [1.165, 1.54) is 18.9 Å². The van der Waals surface area contributed by atoms with Crippen LogP contribution in [0.25, 0.3) is 0 Å². The topological polar surface area (TPSA) is 59.7 Å². The average molecular weight is 251 g/mol. The van der Waals surface area contributed by atoms with E-state index in [9.17, 15) is 9.90 Å². The number of thioether (sulfide) groups is 1. The SMILES string of the molecule is COC(=O)C(O)CSCc1ccc(Cl)o1. The number of methoxy groups -OCH3 is 1. The summed E-state index contributed by atoms with van der Waals surface area (Å²) in [6.45, 7) is 0. The molecule has 84 valence electrons. The maximum Gasteiger partial charge on any atom is 0.335 e. The highest BCUT2D eigenvalue weighted by molar-refractivity contribution is 7.98. The Morgan fingerprint density at radius 1 is 1.73 bits per heavy atom. The van der Waals surface area contributed by atoms with Crippen molar-refractivity contribution in [2.45, 2.75) is 11.9 Å². The monoisotopic (exact) mass is 250 g/mol. The van der Waals surface area contributed by atoms with E-state index in [0.717, 1.165) is 0 Å². The third-order valence-electron chi connectivity index (χ3n) is 1.62. The molecule has 6 heteroatoms. The van der Waals surface area contributed by atoms with Gasteiger partial charge in [-0.1, -0.05) is 0 Å². The summed E-state index contributed by atoms with van der Waals surface area (Å²) in [6, 6.07) is 3.40. The summed E-state index contributed by atoms with van der Waals surface area (Å²) in [7, 11) is 1.24. The van der Waals surface area contributed by atoms with Crippen molar-refractivity contribution in [2.24, 2.45) is 0 Å². The fourth-order valence-corrected chi connectivity index (χ4v) is 1.90. The maximum atomic E-state index is 10.8. The highest BCUT2D eigenvalue weighted by Gasteiger charge is 2.15. The van der Waals surface area contributed by atoms with Gasteiger partial charge >= 0.3 is 5.97 Å². The standard InChI is InChI=1S/C9H11ClO4S/c1-13-9(12)7(11)5-15-4-6-2-3-8(10)14-6/h2-3,7,11H,4-5H2,1H3. The normalized spacial score (nSPS) is 12.5. The molecule has 0 spiro atoms. The van der Waals surface area contributed by atoms with Crippen LogP contribution in [0.5, 0.6) is 0 Å². The zero-order valence-electron chi connectivity index (χ0n) is 8.10. The molecule has 1 rings (SSSR count). The first-order chi connectivity index (χ1) is 7.13. The van der Waals surface area contributed by atoms with Gasteiger partial charge in [0.25, 0.3) is 0 Å². The molecule has 0 fully saturated rings. The maximum absolute atomic E-state index is 10.8. The Morgan fingerprint density at radius 3 is 3.00 bits per heavy atom.